The van der Waals surface area contributed by atoms with Crippen LogP contribution in [0.25, 0.3) is 0 Å². The van der Waals surface area contributed by atoms with Gasteiger partial charge in [-0.1, -0.05) is 13.8 Å². The van der Waals surface area contributed by atoms with E-state index in [1.54, 1.807) is 0 Å². The summed E-state index contributed by atoms with van der Waals surface area (Å²) in [6.07, 6.45) is 3.78. The molecule has 6 rings (SSSR count). The number of hydrogen-bond acceptors (Lipinski definition) is 7. The van der Waals surface area contributed by atoms with Crippen molar-refractivity contribution in [2.24, 2.45) is 17.3 Å². The Kier molecular flexibility index (Phi) is 3.19. The number of cyclic esters (lactones) is 1. The smallest absolute Gasteiger partial charge is 0.334 e. The van der Waals surface area contributed by atoms with Gasteiger partial charge in [-0.15, -0.1) is 0 Å². The van der Waals surface area contributed by atoms with Crippen LogP contribution in [-0.2, 0) is 33.3 Å². The van der Waals surface area contributed by atoms with E-state index in [1.165, 1.54) is 7.11 Å². The number of carbonyl (C=O) groups is 3. The molecule has 0 aromatic carbocycles. The lowest BCUT2D eigenvalue weighted by Gasteiger charge is -2.51. The molecule has 7 nitrogen and oxygen atoms in total. The molecule has 7 heteroatoms. The van der Waals surface area contributed by atoms with Crippen molar-refractivity contribution in [3.8, 4) is 0 Å². The van der Waals surface area contributed by atoms with E-state index < -0.39 is 11.2 Å². The highest BCUT2D eigenvalue weighted by molar-refractivity contribution is 6.08. The first kappa shape index (κ1) is 17.8. The topological polar surface area (TPSA) is 94.7 Å². The fourth-order valence-corrected chi connectivity index (χ4v) is 6.91. The number of hydrogen-bond donors (Lipinski definition) is 0. The lowest BCUT2D eigenvalue weighted by atomic mass is 9.48. The van der Waals surface area contributed by atoms with Crippen molar-refractivity contribution in [3.05, 3.63) is 22.8 Å². The predicted molar refractivity (Wildman–Crippen MR) is 97.5 cm³/mol. The molecule has 3 aliphatic carbocycles. The molecule has 6 aliphatic rings. The standard InChI is InChI=1S/C22H24O7/c1-10(6-17(23)26-3)12-7-16-22(29-16)20(2)5-4-11-13(9-27-19(11)25)14(20)8-15-21(22,28-15)18(12)24/h7,10,14-16H,4-6,8-9H2,1-3H3. The maximum Gasteiger partial charge on any atom is 0.334 e. The van der Waals surface area contributed by atoms with Crippen molar-refractivity contribution in [2.45, 2.75) is 62.9 Å². The van der Waals surface area contributed by atoms with Crippen molar-refractivity contribution >= 4 is 17.7 Å². The summed E-state index contributed by atoms with van der Waals surface area (Å²) in [6, 6.07) is 0. The summed E-state index contributed by atoms with van der Waals surface area (Å²) in [5.74, 6) is -0.688. The SMILES string of the molecule is COC(=O)CC(C)C1=CC2OC23C2(C)CCC4=C(COC4=O)C2CC2OC23C1=O. The van der Waals surface area contributed by atoms with Crippen LogP contribution in [0.15, 0.2) is 22.8 Å². The van der Waals surface area contributed by atoms with Gasteiger partial charge in [0.15, 0.2) is 11.4 Å². The van der Waals surface area contributed by atoms with E-state index in [2.05, 4.69) is 6.92 Å². The number of ether oxygens (including phenoxy) is 4. The van der Waals surface area contributed by atoms with Crippen LogP contribution in [0.4, 0.5) is 0 Å². The minimum Gasteiger partial charge on any atom is -0.469 e. The lowest BCUT2D eigenvalue weighted by molar-refractivity contribution is -0.141. The molecular weight excluding hydrogens is 376 g/mol. The molecule has 0 bridgehead atoms. The van der Waals surface area contributed by atoms with Gasteiger partial charge >= 0.3 is 11.9 Å². The number of epoxide rings is 2. The largest absolute Gasteiger partial charge is 0.469 e. The molecule has 0 amide bonds. The zero-order valence-electron chi connectivity index (χ0n) is 16.8. The van der Waals surface area contributed by atoms with Crippen molar-refractivity contribution in [3.63, 3.8) is 0 Å². The number of fused-ring (bicyclic) bond motifs is 2. The van der Waals surface area contributed by atoms with Gasteiger partial charge in [0.05, 0.1) is 19.6 Å². The normalized spacial score (nSPS) is 47.0. The van der Waals surface area contributed by atoms with Gasteiger partial charge in [0.1, 0.15) is 18.3 Å². The monoisotopic (exact) mass is 400 g/mol. The van der Waals surface area contributed by atoms with E-state index in [0.29, 0.717) is 25.0 Å². The molecule has 0 aromatic rings. The summed E-state index contributed by atoms with van der Waals surface area (Å²) in [4.78, 5) is 37.5. The third-order valence-electron chi connectivity index (χ3n) is 8.47. The third-order valence-corrected chi connectivity index (χ3v) is 8.47. The maximum absolute atomic E-state index is 13.6. The van der Waals surface area contributed by atoms with Gasteiger partial charge < -0.3 is 18.9 Å². The van der Waals surface area contributed by atoms with Gasteiger partial charge in [0.25, 0.3) is 0 Å². The minimum atomic E-state index is -0.946. The van der Waals surface area contributed by atoms with Crippen LogP contribution in [0.5, 0.6) is 0 Å². The van der Waals surface area contributed by atoms with E-state index in [-0.39, 0.29) is 53.6 Å². The zero-order chi connectivity index (χ0) is 20.3. The van der Waals surface area contributed by atoms with Crippen LogP contribution >= 0.6 is 0 Å². The average molecular weight is 400 g/mol. The third kappa shape index (κ3) is 1.81. The van der Waals surface area contributed by atoms with E-state index in [9.17, 15) is 14.4 Å². The molecule has 3 aliphatic heterocycles. The molecule has 7 atom stereocenters. The number of rotatable bonds is 3. The maximum atomic E-state index is 13.6. The molecule has 0 aromatic heterocycles. The average Bonchev–Trinajstić information content (AvgIpc) is 3.57. The molecule has 0 radical (unpaired) electrons. The second-order valence-electron chi connectivity index (χ2n) is 9.53. The van der Waals surface area contributed by atoms with Gasteiger partial charge in [-0.2, -0.15) is 0 Å². The van der Waals surface area contributed by atoms with Crippen LogP contribution in [-0.4, -0.2) is 54.8 Å². The highest BCUT2D eigenvalue weighted by Gasteiger charge is 2.92. The summed E-state index contributed by atoms with van der Waals surface area (Å²) in [6.45, 7) is 4.41. The molecule has 29 heavy (non-hydrogen) atoms. The van der Waals surface area contributed by atoms with Crippen molar-refractivity contribution in [1.29, 1.82) is 0 Å². The molecule has 3 fully saturated rings. The first-order chi connectivity index (χ1) is 13.8. The number of methoxy groups -OCH3 is 1. The molecule has 7 unspecified atom stereocenters. The Bertz CT molecular complexity index is 947. The van der Waals surface area contributed by atoms with Crippen LogP contribution < -0.4 is 0 Å². The predicted octanol–water partition coefficient (Wildman–Crippen LogP) is 1.64. The van der Waals surface area contributed by atoms with Gasteiger partial charge in [0, 0.05) is 16.6 Å². The van der Waals surface area contributed by atoms with Crippen molar-refractivity contribution < 1.29 is 33.3 Å². The molecule has 2 spiro atoms. The van der Waals surface area contributed by atoms with Crippen LogP contribution in [0.1, 0.15) is 39.5 Å². The van der Waals surface area contributed by atoms with E-state index in [0.717, 1.165) is 17.6 Å². The molecular formula is C22H24O7. The number of carbonyl (C=O) groups excluding carboxylic acids is 3. The number of ketones is 1. The highest BCUT2D eigenvalue weighted by atomic mass is 16.7. The highest BCUT2D eigenvalue weighted by Crippen LogP contribution is 2.77. The van der Waals surface area contributed by atoms with E-state index >= 15 is 0 Å². The minimum absolute atomic E-state index is 0.0362. The second kappa shape index (κ2) is 5.19. The Labute approximate surface area is 168 Å². The summed E-state index contributed by atoms with van der Waals surface area (Å²) in [5.41, 5.74) is 0.605. The molecule has 2 saturated heterocycles. The van der Waals surface area contributed by atoms with E-state index in [4.69, 9.17) is 18.9 Å². The van der Waals surface area contributed by atoms with Gasteiger partial charge in [-0.05, 0) is 42.7 Å². The Hall–Kier alpha value is -1.99. The van der Waals surface area contributed by atoms with Crippen LogP contribution in [0, 0.1) is 17.3 Å². The molecule has 1 saturated carbocycles. The summed E-state index contributed by atoms with van der Waals surface area (Å²) in [7, 11) is 1.35. The zero-order valence-corrected chi connectivity index (χ0v) is 16.8. The Balaban J connectivity index is 1.40. The fraction of sp³-hybridized carbons (Fsp3) is 0.682. The first-order valence-electron chi connectivity index (χ1n) is 10.4. The van der Waals surface area contributed by atoms with Crippen LogP contribution in [0.3, 0.4) is 0 Å². The Morgan fingerprint density at radius 2 is 2.14 bits per heavy atom. The second-order valence-corrected chi connectivity index (χ2v) is 9.53. The summed E-state index contributed by atoms with van der Waals surface area (Å²) >= 11 is 0. The van der Waals surface area contributed by atoms with Gasteiger partial charge in [-0.3, -0.25) is 9.59 Å². The lowest BCUT2D eigenvalue weighted by Crippen LogP contribution is -2.63. The first-order valence-corrected chi connectivity index (χ1v) is 10.4. The Morgan fingerprint density at radius 3 is 2.90 bits per heavy atom. The van der Waals surface area contributed by atoms with Gasteiger partial charge in [0.2, 0.25) is 0 Å². The number of esters is 2. The molecule has 154 valence electrons. The van der Waals surface area contributed by atoms with Gasteiger partial charge in [-0.25, -0.2) is 4.79 Å². The summed E-state index contributed by atoms with van der Waals surface area (Å²) in [5, 5.41) is 0. The number of Topliss-reactive ketones (excluding diaryl/α,β-unsaturated/α-hetero) is 1. The van der Waals surface area contributed by atoms with Crippen molar-refractivity contribution in [2.75, 3.05) is 13.7 Å². The van der Waals surface area contributed by atoms with Crippen molar-refractivity contribution in [1.82, 2.24) is 0 Å². The molecule has 0 N–H and O–H groups in total. The quantitative estimate of drug-likeness (QED) is 0.525. The fourth-order valence-electron chi connectivity index (χ4n) is 6.91. The van der Waals surface area contributed by atoms with Crippen LogP contribution in [0.2, 0.25) is 0 Å². The summed E-state index contributed by atoms with van der Waals surface area (Å²) < 4.78 is 22.6. The van der Waals surface area contributed by atoms with E-state index in [1.807, 2.05) is 13.0 Å². The molecule has 3 heterocycles. The Morgan fingerprint density at radius 1 is 1.34 bits per heavy atom.